The van der Waals surface area contributed by atoms with E-state index in [0.29, 0.717) is 29.7 Å². The number of hydrogen-bond acceptors (Lipinski definition) is 7. The summed E-state index contributed by atoms with van der Waals surface area (Å²) >= 11 is 7.31. The summed E-state index contributed by atoms with van der Waals surface area (Å²) in [5, 5.41) is 12.3. The average molecular weight is 472 g/mol. The number of fused-ring (bicyclic) bond motifs is 1. The van der Waals surface area contributed by atoms with Gasteiger partial charge in [-0.05, 0) is 43.9 Å². The van der Waals surface area contributed by atoms with Gasteiger partial charge in [0, 0.05) is 42.2 Å². The summed E-state index contributed by atoms with van der Waals surface area (Å²) in [5.74, 6) is 0.0519. The van der Waals surface area contributed by atoms with E-state index in [1.54, 1.807) is 5.38 Å². The molecule has 2 aliphatic carbocycles. The number of anilines is 2. The van der Waals surface area contributed by atoms with Crippen LogP contribution in [0.25, 0.3) is 0 Å². The van der Waals surface area contributed by atoms with Gasteiger partial charge < -0.3 is 16.0 Å². The lowest BCUT2D eigenvalue weighted by molar-refractivity contribution is 0.234. The molecule has 4 aliphatic rings. The van der Waals surface area contributed by atoms with Crippen LogP contribution in [0.3, 0.4) is 0 Å². The van der Waals surface area contributed by atoms with Crippen LogP contribution in [0.15, 0.2) is 28.6 Å². The van der Waals surface area contributed by atoms with E-state index in [9.17, 15) is 12.8 Å². The van der Waals surface area contributed by atoms with Crippen LogP contribution < -0.4 is 20.7 Å². The normalized spacial score (nSPS) is 28.7. The van der Waals surface area contributed by atoms with Crippen molar-refractivity contribution in [3.63, 3.8) is 0 Å². The Bertz CT molecular complexity index is 1050. The first kappa shape index (κ1) is 20.4. The number of nitrogens with one attached hydrogen (secondary N) is 4. The largest absolute Gasteiger partial charge is 0.384 e. The summed E-state index contributed by atoms with van der Waals surface area (Å²) in [5.41, 5.74) is 0.945. The van der Waals surface area contributed by atoms with Gasteiger partial charge in [-0.2, -0.15) is 0 Å². The van der Waals surface area contributed by atoms with Gasteiger partial charge in [0.25, 0.3) is 10.0 Å². The summed E-state index contributed by atoms with van der Waals surface area (Å²) in [4.78, 5) is 3.35. The van der Waals surface area contributed by atoms with Crippen molar-refractivity contribution in [2.75, 3.05) is 29.7 Å². The first-order chi connectivity index (χ1) is 14.4. The monoisotopic (exact) mass is 471 g/mol. The molecule has 162 valence electrons. The number of thiazole rings is 1. The fourth-order valence-corrected chi connectivity index (χ4v) is 7.09. The SMILES string of the molecule is O=S(=O)(Nc1nccs1)c1cc(Cl)c(NCCCCN[C@H]2[C@H]3NCC24CC34)cc1F. The molecule has 3 heterocycles. The molecule has 2 unspecified atom stereocenters. The zero-order valence-corrected chi connectivity index (χ0v) is 18.5. The summed E-state index contributed by atoms with van der Waals surface area (Å²) in [6.07, 6.45) is 4.74. The number of rotatable bonds is 10. The number of nitrogens with zero attached hydrogens (tertiary/aromatic N) is 1. The van der Waals surface area contributed by atoms with Crippen LogP contribution in [0.5, 0.6) is 0 Å². The Balaban J connectivity index is 1.10. The molecule has 11 heteroatoms. The van der Waals surface area contributed by atoms with E-state index in [2.05, 4.69) is 25.7 Å². The summed E-state index contributed by atoms with van der Waals surface area (Å²) in [7, 11) is -4.10. The molecule has 2 saturated carbocycles. The van der Waals surface area contributed by atoms with E-state index in [4.69, 9.17) is 11.6 Å². The number of sulfonamides is 1. The predicted molar refractivity (Wildman–Crippen MR) is 116 cm³/mol. The molecule has 30 heavy (non-hydrogen) atoms. The van der Waals surface area contributed by atoms with Gasteiger partial charge in [0.05, 0.1) is 10.7 Å². The maximum Gasteiger partial charge on any atom is 0.266 e. The Kier molecular flexibility index (Phi) is 5.18. The fourth-order valence-electron chi connectivity index (χ4n) is 4.92. The second-order valence-electron chi connectivity index (χ2n) is 8.22. The van der Waals surface area contributed by atoms with Crippen LogP contribution in [0, 0.1) is 17.2 Å². The third-order valence-corrected chi connectivity index (χ3v) is 8.99. The van der Waals surface area contributed by atoms with Crippen LogP contribution in [0.1, 0.15) is 19.3 Å². The highest BCUT2D eigenvalue weighted by Crippen LogP contribution is 2.70. The van der Waals surface area contributed by atoms with Crippen molar-refractivity contribution in [2.24, 2.45) is 11.3 Å². The van der Waals surface area contributed by atoms with E-state index >= 15 is 0 Å². The van der Waals surface area contributed by atoms with Crippen LogP contribution in [0.2, 0.25) is 5.02 Å². The van der Waals surface area contributed by atoms with Crippen molar-refractivity contribution in [1.82, 2.24) is 15.6 Å². The van der Waals surface area contributed by atoms with E-state index in [1.807, 2.05) is 0 Å². The third kappa shape index (κ3) is 3.48. The van der Waals surface area contributed by atoms with Crippen LogP contribution >= 0.6 is 22.9 Å². The zero-order chi connectivity index (χ0) is 20.9. The molecule has 1 aromatic carbocycles. The Hall–Kier alpha value is -1.46. The highest BCUT2D eigenvalue weighted by Gasteiger charge is 2.77. The Labute approximate surface area is 183 Å². The van der Waals surface area contributed by atoms with Gasteiger partial charge >= 0.3 is 0 Å². The molecule has 7 nitrogen and oxygen atoms in total. The number of aromatic nitrogens is 1. The minimum Gasteiger partial charge on any atom is -0.384 e. The fraction of sp³-hybridized carbons (Fsp3) is 0.526. The Morgan fingerprint density at radius 2 is 2.17 bits per heavy atom. The predicted octanol–water partition coefficient (Wildman–Crippen LogP) is 2.88. The van der Waals surface area contributed by atoms with Gasteiger partial charge in [-0.1, -0.05) is 11.6 Å². The van der Waals surface area contributed by atoms with E-state index in [-0.39, 0.29) is 10.2 Å². The minimum atomic E-state index is -4.10. The van der Waals surface area contributed by atoms with Gasteiger partial charge in [0.15, 0.2) is 5.13 Å². The van der Waals surface area contributed by atoms with Gasteiger partial charge in [0.1, 0.15) is 10.7 Å². The maximum absolute atomic E-state index is 14.5. The molecule has 0 amide bonds. The lowest BCUT2D eigenvalue weighted by atomic mass is 9.80. The number of halogens is 2. The molecule has 4 atom stereocenters. The van der Waals surface area contributed by atoms with Gasteiger partial charge in [-0.25, -0.2) is 17.8 Å². The molecule has 2 bridgehead atoms. The van der Waals surface area contributed by atoms with E-state index in [0.717, 1.165) is 55.3 Å². The van der Waals surface area contributed by atoms with Crippen LogP contribution in [0.4, 0.5) is 15.2 Å². The number of piperidine rings is 1. The zero-order valence-electron chi connectivity index (χ0n) is 16.1. The maximum atomic E-state index is 14.5. The van der Waals surface area contributed by atoms with Crippen LogP contribution in [-0.4, -0.2) is 45.1 Å². The van der Waals surface area contributed by atoms with Crippen molar-refractivity contribution >= 4 is 43.8 Å². The summed E-state index contributed by atoms with van der Waals surface area (Å²) in [6, 6.07) is 3.55. The molecular formula is C19H23ClFN5O2S2. The van der Waals surface area contributed by atoms with Gasteiger partial charge in [0.2, 0.25) is 0 Å². The van der Waals surface area contributed by atoms with E-state index in [1.165, 1.54) is 12.6 Å². The summed E-state index contributed by atoms with van der Waals surface area (Å²) in [6.45, 7) is 2.75. The third-order valence-electron chi connectivity index (χ3n) is 6.51. The van der Waals surface area contributed by atoms with Gasteiger partial charge in [-0.3, -0.25) is 4.72 Å². The standard InChI is InChI=1S/C19H23ClFN5O2S2/c20-12-7-15(30(27,28)26-18-24-5-6-29-18)13(21)8-14(12)22-3-1-2-4-23-17-16-11-9-19(11,17)10-25-16/h5-8,11,16-17,22-23,25H,1-4,9-10H2,(H,24,26)/t11?,16-,17-,19?/m0/s1. The van der Waals surface area contributed by atoms with Crippen molar-refractivity contribution in [3.8, 4) is 0 Å². The molecule has 2 aromatic rings. The average Bonchev–Trinajstić information content (AvgIpc) is 3.12. The molecule has 0 radical (unpaired) electrons. The van der Waals surface area contributed by atoms with Crippen molar-refractivity contribution in [1.29, 1.82) is 0 Å². The van der Waals surface area contributed by atoms with Crippen molar-refractivity contribution < 1.29 is 12.8 Å². The highest BCUT2D eigenvalue weighted by atomic mass is 35.5. The van der Waals surface area contributed by atoms with Crippen molar-refractivity contribution in [2.45, 2.75) is 36.2 Å². The lowest BCUT2D eigenvalue weighted by Gasteiger charge is -2.34. The molecule has 4 fully saturated rings. The molecule has 6 rings (SSSR count). The highest BCUT2D eigenvalue weighted by molar-refractivity contribution is 7.93. The first-order valence-electron chi connectivity index (χ1n) is 10.0. The molecule has 2 saturated heterocycles. The second-order valence-corrected chi connectivity index (χ2v) is 11.2. The Morgan fingerprint density at radius 3 is 2.83 bits per heavy atom. The van der Waals surface area contributed by atoms with Gasteiger partial charge in [-0.15, -0.1) is 11.3 Å². The molecule has 2 aliphatic heterocycles. The quantitative estimate of drug-likeness (QED) is 0.398. The smallest absolute Gasteiger partial charge is 0.266 e. The van der Waals surface area contributed by atoms with Crippen molar-refractivity contribution in [3.05, 3.63) is 34.5 Å². The lowest BCUT2D eigenvalue weighted by Crippen LogP contribution is -2.53. The van der Waals surface area contributed by atoms with E-state index < -0.39 is 20.7 Å². The number of unbranched alkanes of at least 4 members (excludes halogenated alkanes) is 1. The second kappa shape index (κ2) is 7.59. The molecule has 4 N–H and O–H groups in total. The van der Waals surface area contributed by atoms with Crippen LogP contribution in [-0.2, 0) is 10.0 Å². The minimum absolute atomic E-state index is 0.157. The Morgan fingerprint density at radius 1 is 1.33 bits per heavy atom. The number of benzene rings is 1. The molecule has 1 aromatic heterocycles. The number of hydrogen-bond donors (Lipinski definition) is 4. The summed E-state index contributed by atoms with van der Waals surface area (Å²) < 4.78 is 41.5. The topological polar surface area (TPSA) is 95.2 Å². The molecule has 1 spiro atoms. The molecular weight excluding hydrogens is 449 g/mol. The first-order valence-corrected chi connectivity index (χ1v) is 12.8.